The summed E-state index contributed by atoms with van der Waals surface area (Å²) in [6.45, 7) is 1.08. The summed E-state index contributed by atoms with van der Waals surface area (Å²) in [7, 11) is 0. The number of carbonyl (C=O) groups is 1. The lowest BCUT2D eigenvalue weighted by Gasteiger charge is -2.22. The summed E-state index contributed by atoms with van der Waals surface area (Å²) in [6.07, 6.45) is -2.63. The van der Waals surface area contributed by atoms with E-state index in [1.807, 2.05) is 36.4 Å². The molecule has 2 fully saturated rings. The van der Waals surface area contributed by atoms with Crippen LogP contribution in [0.5, 0.6) is 0 Å². The molecule has 31 heavy (non-hydrogen) atoms. The quantitative estimate of drug-likeness (QED) is 0.278. The van der Waals surface area contributed by atoms with Crippen LogP contribution in [0.2, 0.25) is 0 Å². The Balaban J connectivity index is 1.49. The first-order valence-corrected chi connectivity index (χ1v) is 10.1. The number of rotatable bonds is 8. The van der Waals surface area contributed by atoms with E-state index in [4.69, 9.17) is 29.2 Å². The van der Waals surface area contributed by atoms with Gasteiger partial charge in [0.05, 0.1) is 37.5 Å². The van der Waals surface area contributed by atoms with Gasteiger partial charge in [-0.25, -0.2) is 4.79 Å². The standard InChI is InChI=1S/C22H23N3O6/c23-25-24-18-19(29-13-15-7-3-1-4-8-15)17(31-20(18)22-27-11-12-28-22)14-30-21(26)16-9-5-2-6-10-16/h1-10,17-20,22H,11-14H2/t17-,18-,19-,20-/m1/s1. The third kappa shape index (κ3) is 5.22. The number of azide groups is 1. The van der Waals surface area contributed by atoms with Crippen LogP contribution >= 0.6 is 0 Å². The maximum atomic E-state index is 12.4. The minimum atomic E-state index is -0.697. The Morgan fingerprint density at radius 2 is 1.74 bits per heavy atom. The Morgan fingerprint density at radius 1 is 1.06 bits per heavy atom. The first-order valence-electron chi connectivity index (χ1n) is 10.1. The second-order valence-corrected chi connectivity index (χ2v) is 7.17. The summed E-state index contributed by atoms with van der Waals surface area (Å²) in [5, 5.41) is 3.91. The Hall–Kier alpha value is -2.94. The molecule has 162 valence electrons. The van der Waals surface area contributed by atoms with Crippen molar-refractivity contribution in [2.24, 2.45) is 5.11 Å². The zero-order valence-electron chi connectivity index (χ0n) is 16.8. The molecule has 2 aliphatic rings. The van der Waals surface area contributed by atoms with E-state index in [1.165, 1.54) is 0 Å². The molecule has 0 aromatic heterocycles. The van der Waals surface area contributed by atoms with E-state index in [2.05, 4.69) is 10.0 Å². The van der Waals surface area contributed by atoms with Crippen molar-refractivity contribution in [3.05, 3.63) is 82.2 Å². The Kier molecular flexibility index (Phi) is 7.14. The summed E-state index contributed by atoms with van der Waals surface area (Å²) in [5.74, 6) is -0.469. The average molecular weight is 425 g/mol. The van der Waals surface area contributed by atoms with E-state index < -0.39 is 36.6 Å². The molecule has 0 aliphatic carbocycles. The predicted octanol–water partition coefficient (Wildman–Crippen LogP) is 3.25. The molecular weight excluding hydrogens is 402 g/mol. The number of esters is 1. The molecule has 0 spiro atoms. The minimum absolute atomic E-state index is 0.0617. The van der Waals surface area contributed by atoms with Gasteiger partial charge < -0.3 is 23.7 Å². The van der Waals surface area contributed by atoms with E-state index in [-0.39, 0.29) is 13.2 Å². The summed E-state index contributed by atoms with van der Waals surface area (Å²) in [4.78, 5) is 15.4. The molecule has 2 saturated heterocycles. The van der Waals surface area contributed by atoms with Crippen LogP contribution in [-0.2, 0) is 30.3 Å². The van der Waals surface area contributed by atoms with Crippen LogP contribution in [0.1, 0.15) is 15.9 Å². The van der Waals surface area contributed by atoms with E-state index in [9.17, 15) is 4.79 Å². The highest BCUT2D eigenvalue weighted by atomic mass is 16.7. The molecule has 4 atom stereocenters. The summed E-state index contributed by atoms with van der Waals surface area (Å²) < 4.78 is 28.8. The fourth-order valence-electron chi connectivity index (χ4n) is 3.67. The molecule has 4 rings (SSSR count). The smallest absolute Gasteiger partial charge is 0.338 e. The maximum absolute atomic E-state index is 12.4. The van der Waals surface area contributed by atoms with Gasteiger partial charge in [0.25, 0.3) is 0 Å². The first kappa shape index (κ1) is 21.3. The number of ether oxygens (including phenoxy) is 5. The fourth-order valence-corrected chi connectivity index (χ4v) is 3.67. The normalized spacial score (nSPS) is 25.8. The van der Waals surface area contributed by atoms with Crippen molar-refractivity contribution in [2.45, 2.75) is 37.3 Å². The lowest BCUT2D eigenvalue weighted by Crippen LogP contribution is -2.39. The highest BCUT2D eigenvalue weighted by Crippen LogP contribution is 2.32. The highest BCUT2D eigenvalue weighted by molar-refractivity contribution is 5.89. The second kappa shape index (κ2) is 10.4. The molecule has 2 aromatic carbocycles. The molecule has 2 heterocycles. The lowest BCUT2D eigenvalue weighted by molar-refractivity contribution is -0.147. The third-order valence-corrected chi connectivity index (χ3v) is 5.15. The zero-order chi connectivity index (χ0) is 21.5. The third-order valence-electron chi connectivity index (χ3n) is 5.15. The number of hydrogen-bond acceptors (Lipinski definition) is 7. The van der Waals surface area contributed by atoms with Gasteiger partial charge in [-0.05, 0) is 23.2 Å². The molecule has 0 saturated carbocycles. The molecule has 2 aromatic rings. The van der Waals surface area contributed by atoms with Crippen molar-refractivity contribution in [2.75, 3.05) is 19.8 Å². The van der Waals surface area contributed by atoms with Gasteiger partial charge in [0.2, 0.25) is 0 Å². The van der Waals surface area contributed by atoms with Crippen molar-refractivity contribution < 1.29 is 28.5 Å². The number of nitrogens with zero attached hydrogens (tertiary/aromatic N) is 3. The topological polar surface area (TPSA) is 112 Å². The Labute approximate surface area is 179 Å². The van der Waals surface area contributed by atoms with Gasteiger partial charge in [-0.15, -0.1) is 0 Å². The predicted molar refractivity (Wildman–Crippen MR) is 109 cm³/mol. The van der Waals surface area contributed by atoms with Crippen LogP contribution in [0.4, 0.5) is 0 Å². The van der Waals surface area contributed by atoms with E-state index in [0.717, 1.165) is 5.56 Å². The average Bonchev–Trinajstić information content (AvgIpc) is 3.46. The SMILES string of the molecule is [N-]=[N+]=N[C@@H]1[C@H](OCc2ccccc2)[C@@H](COC(=O)c2ccccc2)O[C@H]1C1OCCO1. The monoisotopic (exact) mass is 425 g/mol. The van der Waals surface area contributed by atoms with Crippen LogP contribution in [0.15, 0.2) is 65.8 Å². The van der Waals surface area contributed by atoms with Gasteiger partial charge >= 0.3 is 5.97 Å². The molecule has 2 aliphatic heterocycles. The van der Waals surface area contributed by atoms with Crippen molar-refractivity contribution in [1.82, 2.24) is 0 Å². The van der Waals surface area contributed by atoms with E-state index >= 15 is 0 Å². The molecular formula is C22H23N3O6. The second-order valence-electron chi connectivity index (χ2n) is 7.17. The van der Waals surface area contributed by atoms with Crippen LogP contribution in [0.3, 0.4) is 0 Å². The minimum Gasteiger partial charge on any atom is -0.459 e. The van der Waals surface area contributed by atoms with Crippen molar-refractivity contribution in [3.63, 3.8) is 0 Å². The Bertz CT molecular complexity index is 900. The van der Waals surface area contributed by atoms with Gasteiger partial charge in [-0.1, -0.05) is 53.6 Å². The van der Waals surface area contributed by atoms with E-state index in [1.54, 1.807) is 24.3 Å². The number of hydrogen-bond donors (Lipinski definition) is 0. The lowest BCUT2D eigenvalue weighted by atomic mass is 10.0. The van der Waals surface area contributed by atoms with Crippen LogP contribution in [0, 0.1) is 0 Å². The van der Waals surface area contributed by atoms with E-state index in [0.29, 0.717) is 18.8 Å². The molecule has 0 radical (unpaired) electrons. The van der Waals surface area contributed by atoms with Gasteiger partial charge in [-0.2, -0.15) is 0 Å². The van der Waals surface area contributed by atoms with Gasteiger partial charge in [-0.3, -0.25) is 0 Å². The van der Waals surface area contributed by atoms with Crippen LogP contribution < -0.4 is 0 Å². The molecule has 9 nitrogen and oxygen atoms in total. The maximum Gasteiger partial charge on any atom is 0.338 e. The van der Waals surface area contributed by atoms with Gasteiger partial charge in [0, 0.05) is 4.91 Å². The van der Waals surface area contributed by atoms with Gasteiger partial charge in [0.15, 0.2) is 6.29 Å². The Morgan fingerprint density at radius 3 is 2.42 bits per heavy atom. The summed E-state index contributed by atoms with van der Waals surface area (Å²) in [5.41, 5.74) is 10.5. The highest BCUT2D eigenvalue weighted by Gasteiger charge is 2.50. The summed E-state index contributed by atoms with van der Waals surface area (Å²) in [6, 6.07) is 17.6. The van der Waals surface area contributed by atoms with Crippen LogP contribution in [0.25, 0.3) is 10.4 Å². The molecule has 9 heteroatoms. The molecule has 0 N–H and O–H groups in total. The first-order chi connectivity index (χ1) is 15.3. The number of benzene rings is 2. The van der Waals surface area contributed by atoms with Crippen LogP contribution in [-0.4, -0.2) is 56.4 Å². The molecule has 0 amide bonds. The van der Waals surface area contributed by atoms with Crippen molar-refractivity contribution in [1.29, 1.82) is 0 Å². The largest absolute Gasteiger partial charge is 0.459 e. The fraction of sp³-hybridized carbons (Fsp3) is 0.409. The molecule has 0 unspecified atom stereocenters. The van der Waals surface area contributed by atoms with Crippen molar-refractivity contribution in [3.8, 4) is 0 Å². The molecule has 0 bridgehead atoms. The number of carbonyl (C=O) groups excluding carboxylic acids is 1. The summed E-state index contributed by atoms with van der Waals surface area (Å²) >= 11 is 0. The zero-order valence-corrected chi connectivity index (χ0v) is 16.8. The van der Waals surface area contributed by atoms with Gasteiger partial charge in [0.1, 0.15) is 18.8 Å². The van der Waals surface area contributed by atoms with Crippen molar-refractivity contribution >= 4 is 5.97 Å².